The molecule has 3 heteroatoms. The van der Waals surface area contributed by atoms with E-state index in [0.29, 0.717) is 13.2 Å². The number of hydrogen-bond donors (Lipinski definition) is 1. The normalized spacial score (nSPS) is 14.6. The molecule has 0 saturated heterocycles. The summed E-state index contributed by atoms with van der Waals surface area (Å²) in [5, 5.41) is 0. The second-order valence-electron chi connectivity index (χ2n) is 3.51. The van der Waals surface area contributed by atoms with Crippen LogP contribution in [0.15, 0.2) is 36.4 Å². The number of hydrogen-bond acceptors (Lipinski definition) is 3. The molecule has 80 valence electrons. The number of nitrogens with zero attached hydrogens (tertiary/aromatic N) is 1. The van der Waals surface area contributed by atoms with E-state index in [4.69, 9.17) is 10.5 Å². The van der Waals surface area contributed by atoms with Crippen LogP contribution in [0.3, 0.4) is 0 Å². The first-order chi connectivity index (χ1) is 7.40. The minimum atomic E-state index is 0.551. The highest BCUT2D eigenvalue weighted by Crippen LogP contribution is 2.22. The van der Waals surface area contributed by atoms with Gasteiger partial charge in [-0.25, -0.2) is 0 Å². The molecule has 15 heavy (non-hydrogen) atoms. The van der Waals surface area contributed by atoms with Crippen molar-refractivity contribution in [2.24, 2.45) is 5.73 Å². The van der Waals surface area contributed by atoms with Crippen LogP contribution in [0.2, 0.25) is 0 Å². The van der Waals surface area contributed by atoms with Crippen molar-refractivity contribution in [3.05, 3.63) is 36.4 Å². The molecule has 0 amide bonds. The van der Waals surface area contributed by atoms with E-state index in [-0.39, 0.29) is 0 Å². The molecular formula is C12H16N2O. The molecule has 2 rings (SSSR count). The molecule has 2 N–H and O–H groups in total. The predicted molar refractivity (Wildman–Crippen MR) is 62.3 cm³/mol. The zero-order valence-electron chi connectivity index (χ0n) is 8.73. The fourth-order valence-electron chi connectivity index (χ4n) is 1.64. The third-order valence-electron chi connectivity index (χ3n) is 2.39. The number of anilines is 1. The second kappa shape index (κ2) is 4.84. The summed E-state index contributed by atoms with van der Waals surface area (Å²) in [6, 6.07) is 8.13. The van der Waals surface area contributed by atoms with Gasteiger partial charge in [-0.1, -0.05) is 18.2 Å². The molecule has 0 fully saturated rings. The van der Waals surface area contributed by atoms with E-state index in [0.717, 1.165) is 18.8 Å². The minimum absolute atomic E-state index is 0.551. The highest BCUT2D eigenvalue weighted by Gasteiger charge is 2.07. The quantitative estimate of drug-likeness (QED) is 0.753. The third kappa shape index (κ3) is 2.50. The summed E-state index contributed by atoms with van der Waals surface area (Å²) in [7, 11) is 0. The maximum Gasteiger partial charge on any atom is 0.121 e. The monoisotopic (exact) mass is 204 g/mol. The Balaban J connectivity index is 2.04. The number of rotatable bonds is 4. The zero-order chi connectivity index (χ0) is 10.5. The summed E-state index contributed by atoms with van der Waals surface area (Å²) >= 11 is 0. The predicted octanol–water partition coefficient (Wildman–Crippen LogP) is 1.40. The van der Waals surface area contributed by atoms with Gasteiger partial charge in [-0.05, 0) is 12.1 Å². The van der Waals surface area contributed by atoms with Crippen LogP contribution in [-0.2, 0) is 0 Å². The van der Waals surface area contributed by atoms with Crippen molar-refractivity contribution in [2.45, 2.75) is 0 Å². The fraction of sp³-hybridized carbons (Fsp3) is 0.333. The molecule has 1 aromatic carbocycles. The van der Waals surface area contributed by atoms with Crippen LogP contribution >= 0.6 is 0 Å². The standard InChI is InChI=1S/C12H16N2O/c13-6-9-15-12-5-3-4-11(10-12)14-7-1-2-8-14/h1-5,10H,6-9,13H2. The van der Waals surface area contributed by atoms with Crippen molar-refractivity contribution in [3.8, 4) is 5.75 Å². The molecule has 0 atom stereocenters. The van der Waals surface area contributed by atoms with Gasteiger partial charge in [0.25, 0.3) is 0 Å². The fourth-order valence-corrected chi connectivity index (χ4v) is 1.64. The van der Waals surface area contributed by atoms with E-state index < -0.39 is 0 Å². The average molecular weight is 204 g/mol. The summed E-state index contributed by atoms with van der Waals surface area (Å²) in [6.45, 7) is 3.10. The Bertz CT molecular complexity index is 341. The molecule has 1 heterocycles. The van der Waals surface area contributed by atoms with Gasteiger partial charge >= 0.3 is 0 Å². The maximum absolute atomic E-state index is 5.48. The summed E-state index contributed by atoms with van der Waals surface area (Å²) in [6.07, 6.45) is 4.35. The molecule has 0 aliphatic carbocycles. The van der Waals surface area contributed by atoms with Crippen molar-refractivity contribution >= 4 is 5.69 Å². The highest BCUT2D eigenvalue weighted by molar-refractivity contribution is 5.52. The van der Waals surface area contributed by atoms with Crippen molar-refractivity contribution < 1.29 is 4.74 Å². The van der Waals surface area contributed by atoms with Gasteiger partial charge in [-0.15, -0.1) is 0 Å². The average Bonchev–Trinajstić information content (AvgIpc) is 2.80. The Hall–Kier alpha value is -1.48. The topological polar surface area (TPSA) is 38.5 Å². The number of benzene rings is 1. The Kier molecular flexibility index (Phi) is 3.25. The third-order valence-corrected chi connectivity index (χ3v) is 2.39. The second-order valence-corrected chi connectivity index (χ2v) is 3.51. The van der Waals surface area contributed by atoms with E-state index in [1.165, 1.54) is 5.69 Å². The van der Waals surface area contributed by atoms with Crippen molar-refractivity contribution in [2.75, 3.05) is 31.1 Å². The number of nitrogens with two attached hydrogens (primary N) is 1. The largest absolute Gasteiger partial charge is 0.492 e. The summed E-state index contributed by atoms with van der Waals surface area (Å²) < 4.78 is 5.48. The smallest absolute Gasteiger partial charge is 0.121 e. The van der Waals surface area contributed by atoms with Crippen molar-refractivity contribution in [1.82, 2.24) is 0 Å². The SMILES string of the molecule is NCCOc1cccc(N2CC=CC2)c1. The van der Waals surface area contributed by atoms with E-state index in [1.54, 1.807) is 0 Å². The van der Waals surface area contributed by atoms with Gasteiger partial charge in [-0.3, -0.25) is 0 Å². The van der Waals surface area contributed by atoms with Gasteiger partial charge in [0.1, 0.15) is 12.4 Å². The van der Waals surface area contributed by atoms with Crippen LogP contribution in [0.25, 0.3) is 0 Å². The van der Waals surface area contributed by atoms with E-state index in [1.807, 2.05) is 12.1 Å². The molecular weight excluding hydrogens is 188 g/mol. The Morgan fingerprint density at radius 1 is 1.27 bits per heavy atom. The molecule has 3 nitrogen and oxygen atoms in total. The molecule has 0 saturated carbocycles. The van der Waals surface area contributed by atoms with Crippen LogP contribution in [0, 0.1) is 0 Å². The van der Waals surface area contributed by atoms with E-state index >= 15 is 0 Å². The first-order valence-corrected chi connectivity index (χ1v) is 5.23. The van der Waals surface area contributed by atoms with Crippen LogP contribution in [0.4, 0.5) is 5.69 Å². The Labute approximate surface area is 90.1 Å². The Morgan fingerprint density at radius 2 is 2.07 bits per heavy atom. The maximum atomic E-state index is 5.48. The van der Waals surface area contributed by atoms with Crippen LogP contribution in [0.1, 0.15) is 0 Å². The van der Waals surface area contributed by atoms with E-state index in [9.17, 15) is 0 Å². The lowest BCUT2D eigenvalue weighted by atomic mass is 10.3. The Morgan fingerprint density at radius 3 is 2.80 bits per heavy atom. The molecule has 0 unspecified atom stereocenters. The lowest BCUT2D eigenvalue weighted by molar-refractivity contribution is 0.328. The molecule has 1 aliphatic heterocycles. The molecule has 1 aromatic rings. The van der Waals surface area contributed by atoms with Crippen molar-refractivity contribution in [1.29, 1.82) is 0 Å². The van der Waals surface area contributed by atoms with E-state index in [2.05, 4.69) is 29.2 Å². The first kappa shape index (κ1) is 10.1. The van der Waals surface area contributed by atoms with Gasteiger partial charge in [0.15, 0.2) is 0 Å². The van der Waals surface area contributed by atoms with Gasteiger partial charge in [-0.2, -0.15) is 0 Å². The van der Waals surface area contributed by atoms with Gasteiger partial charge < -0.3 is 15.4 Å². The summed E-state index contributed by atoms with van der Waals surface area (Å²) in [5.74, 6) is 0.893. The molecule has 0 spiro atoms. The zero-order valence-corrected chi connectivity index (χ0v) is 8.73. The minimum Gasteiger partial charge on any atom is -0.492 e. The van der Waals surface area contributed by atoms with Crippen molar-refractivity contribution in [3.63, 3.8) is 0 Å². The molecule has 1 aliphatic rings. The summed E-state index contributed by atoms with van der Waals surface area (Å²) in [4.78, 5) is 2.29. The highest BCUT2D eigenvalue weighted by atomic mass is 16.5. The lowest BCUT2D eigenvalue weighted by Crippen LogP contribution is -2.18. The van der Waals surface area contributed by atoms with Gasteiger partial charge in [0.05, 0.1) is 0 Å². The van der Waals surface area contributed by atoms with Gasteiger partial charge in [0.2, 0.25) is 0 Å². The molecule has 0 radical (unpaired) electrons. The molecule has 0 aromatic heterocycles. The lowest BCUT2D eigenvalue weighted by Gasteiger charge is -2.18. The molecule has 0 bridgehead atoms. The first-order valence-electron chi connectivity index (χ1n) is 5.23. The van der Waals surface area contributed by atoms with Crippen LogP contribution in [0.5, 0.6) is 5.75 Å². The van der Waals surface area contributed by atoms with Crippen LogP contribution in [-0.4, -0.2) is 26.2 Å². The van der Waals surface area contributed by atoms with Gasteiger partial charge in [0, 0.05) is 31.4 Å². The summed E-state index contributed by atoms with van der Waals surface area (Å²) in [5.41, 5.74) is 6.59. The van der Waals surface area contributed by atoms with Crippen LogP contribution < -0.4 is 15.4 Å². The number of ether oxygens (including phenoxy) is 1.